The largest absolute Gasteiger partial charge is 0.389 e. The highest BCUT2D eigenvalue weighted by Gasteiger charge is 2.38. The van der Waals surface area contributed by atoms with Gasteiger partial charge in [-0.25, -0.2) is 8.78 Å². The number of hydrogen-bond donors (Lipinski definition) is 2. The summed E-state index contributed by atoms with van der Waals surface area (Å²) in [6, 6.07) is 12.5. The first-order valence-electron chi connectivity index (χ1n) is 8.56. The monoisotopic (exact) mass is 346 g/mol. The number of aliphatic hydroxyl groups is 1. The fourth-order valence-corrected chi connectivity index (χ4v) is 3.55. The summed E-state index contributed by atoms with van der Waals surface area (Å²) in [6.07, 6.45) is 0. The second-order valence-corrected chi connectivity index (χ2v) is 7.12. The average molecular weight is 346 g/mol. The molecule has 1 aliphatic rings. The molecule has 5 heteroatoms. The van der Waals surface area contributed by atoms with Gasteiger partial charge in [-0.2, -0.15) is 0 Å². The van der Waals surface area contributed by atoms with Crippen molar-refractivity contribution in [2.75, 3.05) is 19.6 Å². The molecule has 1 atom stereocenters. The average Bonchev–Trinajstić information content (AvgIpc) is 2.58. The number of halogens is 2. The molecule has 0 amide bonds. The molecule has 1 heterocycles. The van der Waals surface area contributed by atoms with E-state index in [9.17, 15) is 13.9 Å². The SMILES string of the molecule is CC(C)(O)C1CNCCN1C(c1ccc(F)cc1)c1ccc(F)cc1. The van der Waals surface area contributed by atoms with Gasteiger partial charge >= 0.3 is 0 Å². The molecule has 3 rings (SSSR count). The van der Waals surface area contributed by atoms with Crippen LogP contribution >= 0.6 is 0 Å². The molecule has 1 unspecified atom stereocenters. The van der Waals surface area contributed by atoms with Gasteiger partial charge in [0.15, 0.2) is 0 Å². The van der Waals surface area contributed by atoms with Gasteiger partial charge in [-0.05, 0) is 49.2 Å². The van der Waals surface area contributed by atoms with Crippen molar-refractivity contribution in [1.82, 2.24) is 10.2 Å². The van der Waals surface area contributed by atoms with E-state index in [1.807, 2.05) is 0 Å². The van der Waals surface area contributed by atoms with Crippen molar-refractivity contribution in [2.24, 2.45) is 0 Å². The van der Waals surface area contributed by atoms with Gasteiger partial charge in [0.2, 0.25) is 0 Å². The van der Waals surface area contributed by atoms with Crippen LogP contribution in [0.3, 0.4) is 0 Å². The number of nitrogens with one attached hydrogen (secondary N) is 1. The zero-order chi connectivity index (χ0) is 18.0. The minimum Gasteiger partial charge on any atom is -0.389 e. The van der Waals surface area contributed by atoms with E-state index in [4.69, 9.17) is 0 Å². The Morgan fingerprint density at radius 2 is 1.48 bits per heavy atom. The third kappa shape index (κ3) is 4.06. The number of rotatable bonds is 4. The van der Waals surface area contributed by atoms with Gasteiger partial charge in [-0.1, -0.05) is 24.3 Å². The minimum absolute atomic E-state index is 0.124. The summed E-state index contributed by atoms with van der Waals surface area (Å²) in [5.74, 6) is -0.582. The Bertz CT molecular complexity index is 650. The fourth-order valence-electron chi connectivity index (χ4n) is 3.55. The Morgan fingerprint density at radius 1 is 1.00 bits per heavy atom. The molecule has 1 fully saturated rings. The van der Waals surface area contributed by atoms with Crippen LogP contribution in [0.25, 0.3) is 0 Å². The molecule has 0 radical (unpaired) electrons. The van der Waals surface area contributed by atoms with Crippen molar-refractivity contribution in [3.05, 3.63) is 71.3 Å². The Balaban J connectivity index is 2.06. The summed E-state index contributed by atoms with van der Waals surface area (Å²) in [4.78, 5) is 2.22. The summed E-state index contributed by atoms with van der Waals surface area (Å²) in [5.41, 5.74) is 0.930. The van der Waals surface area contributed by atoms with Gasteiger partial charge in [-0.3, -0.25) is 4.90 Å². The molecular formula is C20H24F2N2O. The van der Waals surface area contributed by atoms with E-state index >= 15 is 0 Å². The first-order chi connectivity index (χ1) is 11.9. The maximum Gasteiger partial charge on any atom is 0.123 e. The molecule has 2 aromatic rings. The zero-order valence-electron chi connectivity index (χ0n) is 14.5. The lowest BCUT2D eigenvalue weighted by molar-refractivity contribution is -0.0411. The van der Waals surface area contributed by atoms with Crippen molar-refractivity contribution >= 4 is 0 Å². The summed E-state index contributed by atoms with van der Waals surface area (Å²) in [7, 11) is 0. The number of benzene rings is 2. The molecule has 25 heavy (non-hydrogen) atoms. The third-order valence-electron chi connectivity index (χ3n) is 4.80. The Kier molecular flexibility index (Phi) is 5.18. The third-order valence-corrected chi connectivity index (χ3v) is 4.80. The van der Waals surface area contributed by atoms with Crippen LogP contribution in [0, 0.1) is 11.6 Å². The van der Waals surface area contributed by atoms with Crippen molar-refractivity contribution in [3.8, 4) is 0 Å². The zero-order valence-corrected chi connectivity index (χ0v) is 14.5. The van der Waals surface area contributed by atoms with Crippen LogP contribution in [0.5, 0.6) is 0 Å². The standard InChI is InChI=1S/C20H24F2N2O/c1-20(2,25)18-13-23-11-12-24(18)19(14-3-7-16(21)8-4-14)15-5-9-17(22)10-6-15/h3-10,18-19,23,25H,11-13H2,1-2H3. The fraction of sp³-hybridized carbons (Fsp3) is 0.400. The number of nitrogens with zero attached hydrogens (tertiary/aromatic N) is 1. The van der Waals surface area contributed by atoms with E-state index in [1.54, 1.807) is 38.1 Å². The van der Waals surface area contributed by atoms with E-state index < -0.39 is 5.60 Å². The van der Waals surface area contributed by atoms with Gasteiger partial charge in [0.05, 0.1) is 17.7 Å². The van der Waals surface area contributed by atoms with Crippen molar-refractivity contribution in [3.63, 3.8) is 0 Å². The maximum atomic E-state index is 13.4. The molecular weight excluding hydrogens is 322 g/mol. The number of hydrogen-bond acceptors (Lipinski definition) is 3. The van der Waals surface area contributed by atoms with Gasteiger partial charge in [-0.15, -0.1) is 0 Å². The molecule has 1 saturated heterocycles. The summed E-state index contributed by atoms with van der Waals surface area (Å²) >= 11 is 0. The highest BCUT2D eigenvalue weighted by Crippen LogP contribution is 2.34. The second-order valence-electron chi connectivity index (χ2n) is 7.12. The Morgan fingerprint density at radius 3 is 1.92 bits per heavy atom. The molecule has 0 saturated carbocycles. The Labute approximate surface area is 147 Å². The van der Waals surface area contributed by atoms with E-state index in [-0.39, 0.29) is 23.7 Å². The minimum atomic E-state index is -0.911. The van der Waals surface area contributed by atoms with Crippen LogP contribution in [-0.4, -0.2) is 41.3 Å². The van der Waals surface area contributed by atoms with Crippen molar-refractivity contribution in [1.29, 1.82) is 0 Å². The Hall–Kier alpha value is -1.82. The quantitative estimate of drug-likeness (QED) is 0.893. The van der Waals surface area contributed by atoms with Crippen LogP contribution in [0.15, 0.2) is 48.5 Å². The summed E-state index contributed by atoms with van der Waals surface area (Å²) in [6.45, 7) is 5.77. The molecule has 2 N–H and O–H groups in total. The first-order valence-corrected chi connectivity index (χ1v) is 8.56. The van der Waals surface area contributed by atoms with Crippen molar-refractivity contribution in [2.45, 2.75) is 31.5 Å². The molecule has 134 valence electrons. The number of piperazine rings is 1. The molecule has 0 aliphatic carbocycles. The van der Waals surface area contributed by atoms with Crippen LogP contribution in [-0.2, 0) is 0 Å². The lowest BCUT2D eigenvalue weighted by Gasteiger charge is -2.46. The summed E-state index contributed by atoms with van der Waals surface area (Å²) in [5, 5.41) is 14.0. The second kappa shape index (κ2) is 7.20. The van der Waals surface area contributed by atoms with E-state index in [2.05, 4.69) is 10.2 Å². The van der Waals surface area contributed by atoms with Gasteiger partial charge in [0, 0.05) is 19.6 Å². The highest BCUT2D eigenvalue weighted by molar-refractivity contribution is 5.33. The molecule has 0 aromatic heterocycles. The van der Waals surface area contributed by atoms with E-state index in [0.717, 1.165) is 24.2 Å². The highest BCUT2D eigenvalue weighted by atomic mass is 19.1. The predicted molar refractivity (Wildman–Crippen MR) is 94.3 cm³/mol. The van der Waals surface area contributed by atoms with Crippen LogP contribution < -0.4 is 5.32 Å². The van der Waals surface area contributed by atoms with Crippen LogP contribution in [0.4, 0.5) is 8.78 Å². The molecule has 0 bridgehead atoms. The van der Waals surface area contributed by atoms with E-state index in [0.29, 0.717) is 6.54 Å². The lowest BCUT2D eigenvalue weighted by atomic mass is 9.89. The maximum absolute atomic E-state index is 13.4. The van der Waals surface area contributed by atoms with Gasteiger partial charge in [0.1, 0.15) is 11.6 Å². The molecule has 1 aliphatic heterocycles. The molecule has 0 spiro atoms. The van der Waals surface area contributed by atoms with Crippen LogP contribution in [0.2, 0.25) is 0 Å². The molecule has 2 aromatic carbocycles. The lowest BCUT2D eigenvalue weighted by Crippen LogP contribution is -2.60. The van der Waals surface area contributed by atoms with Gasteiger partial charge in [0.25, 0.3) is 0 Å². The summed E-state index contributed by atoms with van der Waals surface area (Å²) < 4.78 is 26.8. The van der Waals surface area contributed by atoms with E-state index in [1.165, 1.54) is 24.3 Å². The predicted octanol–water partition coefficient (Wildman–Crippen LogP) is 3.10. The first kappa shape index (κ1) is 18.0. The molecule has 3 nitrogen and oxygen atoms in total. The van der Waals surface area contributed by atoms with Gasteiger partial charge < -0.3 is 10.4 Å². The topological polar surface area (TPSA) is 35.5 Å². The van der Waals surface area contributed by atoms with Crippen LogP contribution in [0.1, 0.15) is 31.0 Å². The smallest absolute Gasteiger partial charge is 0.123 e. The van der Waals surface area contributed by atoms with Crippen molar-refractivity contribution < 1.29 is 13.9 Å². The normalized spacial score (nSPS) is 19.4.